The monoisotopic (exact) mass is 258 g/mol. The molecule has 19 heavy (non-hydrogen) atoms. The Morgan fingerprint density at radius 2 is 2.21 bits per heavy atom. The Morgan fingerprint density at radius 3 is 2.84 bits per heavy atom. The quantitative estimate of drug-likeness (QED) is 0.865. The van der Waals surface area contributed by atoms with Gasteiger partial charge in [0.1, 0.15) is 0 Å². The summed E-state index contributed by atoms with van der Waals surface area (Å²) >= 11 is 0. The summed E-state index contributed by atoms with van der Waals surface area (Å²) in [5.41, 5.74) is 3.58. The molecule has 2 aromatic rings. The minimum atomic E-state index is 0.292. The van der Waals surface area contributed by atoms with Crippen molar-refractivity contribution in [3.8, 4) is 0 Å². The van der Waals surface area contributed by atoms with Crippen molar-refractivity contribution < 1.29 is 0 Å². The highest BCUT2D eigenvalue weighted by molar-refractivity contribution is 5.18. The Morgan fingerprint density at radius 1 is 1.37 bits per heavy atom. The lowest BCUT2D eigenvalue weighted by molar-refractivity contribution is 0.515. The van der Waals surface area contributed by atoms with E-state index in [4.69, 9.17) is 0 Å². The number of aromatic nitrogens is 3. The Hall–Kier alpha value is -1.68. The van der Waals surface area contributed by atoms with Crippen LogP contribution in [0.15, 0.2) is 30.6 Å². The fourth-order valence-corrected chi connectivity index (χ4v) is 2.38. The standard InChI is InChI=1S/C15H22N4/c1-4-17-15(13-7-6-8-16-11-13)10-14-9-12(3)18-19(14)5-2/h6-9,11,15,17H,4-5,10H2,1-3H3. The van der Waals surface area contributed by atoms with E-state index in [1.54, 1.807) is 0 Å². The molecule has 4 heteroatoms. The zero-order valence-electron chi connectivity index (χ0n) is 11.9. The first-order valence-electron chi connectivity index (χ1n) is 6.91. The third-order valence-corrected chi connectivity index (χ3v) is 3.24. The van der Waals surface area contributed by atoms with Crippen molar-refractivity contribution >= 4 is 0 Å². The topological polar surface area (TPSA) is 42.7 Å². The molecule has 2 aromatic heterocycles. The van der Waals surface area contributed by atoms with Crippen molar-refractivity contribution in [2.45, 2.75) is 39.8 Å². The van der Waals surface area contributed by atoms with Crippen LogP contribution < -0.4 is 5.32 Å². The number of aryl methyl sites for hydroxylation is 2. The van der Waals surface area contributed by atoms with Crippen LogP contribution in [0.5, 0.6) is 0 Å². The zero-order chi connectivity index (χ0) is 13.7. The average molecular weight is 258 g/mol. The fraction of sp³-hybridized carbons (Fsp3) is 0.467. The molecule has 1 atom stereocenters. The summed E-state index contributed by atoms with van der Waals surface area (Å²) in [5, 5.41) is 8.04. The third-order valence-electron chi connectivity index (χ3n) is 3.24. The summed E-state index contributed by atoms with van der Waals surface area (Å²) in [7, 11) is 0. The predicted molar refractivity (Wildman–Crippen MR) is 77.0 cm³/mol. The maximum absolute atomic E-state index is 4.51. The molecule has 0 aromatic carbocycles. The Bertz CT molecular complexity index is 504. The highest BCUT2D eigenvalue weighted by Crippen LogP contribution is 2.18. The molecule has 102 valence electrons. The Labute approximate surface area is 114 Å². The van der Waals surface area contributed by atoms with Gasteiger partial charge >= 0.3 is 0 Å². The van der Waals surface area contributed by atoms with Crippen LogP contribution >= 0.6 is 0 Å². The van der Waals surface area contributed by atoms with E-state index in [9.17, 15) is 0 Å². The number of hydrogen-bond acceptors (Lipinski definition) is 3. The number of nitrogens with zero attached hydrogens (tertiary/aromatic N) is 3. The molecule has 0 amide bonds. The lowest BCUT2D eigenvalue weighted by atomic mass is 10.0. The number of pyridine rings is 1. The second kappa shape index (κ2) is 6.48. The molecule has 0 saturated carbocycles. The normalized spacial score (nSPS) is 12.6. The Kier molecular flexibility index (Phi) is 4.68. The van der Waals surface area contributed by atoms with E-state index < -0.39 is 0 Å². The van der Waals surface area contributed by atoms with Gasteiger partial charge in [0.2, 0.25) is 0 Å². The number of hydrogen-bond donors (Lipinski definition) is 1. The molecule has 0 aliphatic carbocycles. The largest absolute Gasteiger partial charge is 0.310 e. The molecule has 2 heterocycles. The van der Waals surface area contributed by atoms with Gasteiger partial charge in [-0.2, -0.15) is 5.10 Å². The van der Waals surface area contributed by atoms with E-state index in [0.717, 1.165) is 25.2 Å². The maximum Gasteiger partial charge on any atom is 0.0596 e. The van der Waals surface area contributed by atoms with Crippen LogP contribution in [-0.4, -0.2) is 21.3 Å². The smallest absolute Gasteiger partial charge is 0.0596 e. The molecule has 0 aliphatic rings. The first-order chi connectivity index (χ1) is 9.24. The van der Waals surface area contributed by atoms with Gasteiger partial charge in [0, 0.05) is 37.1 Å². The van der Waals surface area contributed by atoms with E-state index in [-0.39, 0.29) is 0 Å². The van der Waals surface area contributed by atoms with Gasteiger partial charge in [0.15, 0.2) is 0 Å². The van der Waals surface area contributed by atoms with Gasteiger partial charge in [-0.15, -0.1) is 0 Å². The Balaban J connectivity index is 2.21. The average Bonchev–Trinajstić information content (AvgIpc) is 2.79. The molecular formula is C15H22N4. The van der Waals surface area contributed by atoms with Gasteiger partial charge in [-0.3, -0.25) is 9.67 Å². The molecule has 0 fully saturated rings. The van der Waals surface area contributed by atoms with Crippen molar-refractivity contribution in [1.29, 1.82) is 0 Å². The third kappa shape index (κ3) is 3.41. The van der Waals surface area contributed by atoms with Gasteiger partial charge in [-0.05, 0) is 38.1 Å². The summed E-state index contributed by atoms with van der Waals surface area (Å²) < 4.78 is 2.08. The van der Waals surface area contributed by atoms with E-state index in [1.807, 2.05) is 25.4 Å². The van der Waals surface area contributed by atoms with Gasteiger partial charge in [-0.25, -0.2) is 0 Å². The maximum atomic E-state index is 4.51. The van der Waals surface area contributed by atoms with E-state index in [1.165, 1.54) is 11.3 Å². The minimum absolute atomic E-state index is 0.292. The van der Waals surface area contributed by atoms with Crippen molar-refractivity contribution in [2.24, 2.45) is 0 Å². The fourth-order valence-electron chi connectivity index (χ4n) is 2.38. The van der Waals surface area contributed by atoms with Gasteiger partial charge in [-0.1, -0.05) is 13.0 Å². The summed E-state index contributed by atoms with van der Waals surface area (Å²) in [5.74, 6) is 0. The lowest BCUT2D eigenvalue weighted by Gasteiger charge is -2.18. The van der Waals surface area contributed by atoms with Crippen LogP contribution in [-0.2, 0) is 13.0 Å². The molecule has 2 rings (SSSR count). The van der Waals surface area contributed by atoms with E-state index >= 15 is 0 Å². The predicted octanol–water partition coefficient (Wildman–Crippen LogP) is 2.50. The van der Waals surface area contributed by atoms with E-state index in [2.05, 4.69) is 46.1 Å². The van der Waals surface area contributed by atoms with Crippen LogP contribution in [0.4, 0.5) is 0 Å². The van der Waals surface area contributed by atoms with Gasteiger partial charge in [0.05, 0.1) is 5.69 Å². The molecule has 0 aliphatic heterocycles. The van der Waals surface area contributed by atoms with Crippen LogP contribution in [0, 0.1) is 6.92 Å². The summed E-state index contributed by atoms with van der Waals surface area (Å²) in [6, 6.07) is 6.58. The molecular weight excluding hydrogens is 236 g/mol. The van der Waals surface area contributed by atoms with Gasteiger partial charge < -0.3 is 5.32 Å². The highest BCUT2D eigenvalue weighted by atomic mass is 15.3. The van der Waals surface area contributed by atoms with Crippen molar-refractivity contribution in [3.05, 3.63) is 47.5 Å². The van der Waals surface area contributed by atoms with Crippen LogP contribution in [0.1, 0.15) is 36.8 Å². The van der Waals surface area contributed by atoms with Crippen molar-refractivity contribution in [2.75, 3.05) is 6.54 Å². The summed E-state index contributed by atoms with van der Waals surface area (Å²) in [6.45, 7) is 8.16. The zero-order valence-corrected chi connectivity index (χ0v) is 11.9. The van der Waals surface area contributed by atoms with Crippen molar-refractivity contribution in [3.63, 3.8) is 0 Å². The molecule has 1 N–H and O–H groups in total. The molecule has 1 unspecified atom stereocenters. The first-order valence-corrected chi connectivity index (χ1v) is 6.91. The molecule has 4 nitrogen and oxygen atoms in total. The number of rotatable bonds is 6. The summed E-state index contributed by atoms with van der Waals surface area (Å²) in [6.07, 6.45) is 4.69. The van der Waals surface area contributed by atoms with Crippen LogP contribution in [0.2, 0.25) is 0 Å². The number of likely N-dealkylation sites (N-methyl/N-ethyl adjacent to an activating group) is 1. The van der Waals surface area contributed by atoms with Gasteiger partial charge in [0.25, 0.3) is 0 Å². The SMILES string of the molecule is CCNC(Cc1cc(C)nn1CC)c1cccnc1. The van der Waals surface area contributed by atoms with Crippen LogP contribution in [0.25, 0.3) is 0 Å². The number of nitrogens with one attached hydrogen (secondary N) is 1. The van der Waals surface area contributed by atoms with Crippen LogP contribution in [0.3, 0.4) is 0 Å². The second-order valence-electron chi connectivity index (χ2n) is 4.69. The van der Waals surface area contributed by atoms with Crippen molar-refractivity contribution in [1.82, 2.24) is 20.1 Å². The summed E-state index contributed by atoms with van der Waals surface area (Å²) in [4.78, 5) is 4.21. The molecule has 0 spiro atoms. The lowest BCUT2D eigenvalue weighted by Crippen LogP contribution is -2.24. The molecule has 0 saturated heterocycles. The molecule has 0 bridgehead atoms. The van der Waals surface area contributed by atoms with E-state index in [0.29, 0.717) is 6.04 Å². The second-order valence-corrected chi connectivity index (χ2v) is 4.69. The first kappa shape index (κ1) is 13.7. The highest BCUT2D eigenvalue weighted by Gasteiger charge is 2.14. The molecule has 0 radical (unpaired) electrons. The minimum Gasteiger partial charge on any atom is -0.310 e.